The Kier molecular flexibility index (Phi) is 2.50. The van der Waals surface area contributed by atoms with Gasteiger partial charge in [0.1, 0.15) is 5.38 Å². The fourth-order valence-corrected chi connectivity index (χ4v) is 2.20. The van der Waals surface area contributed by atoms with E-state index in [0.717, 1.165) is 6.42 Å². The maximum absolute atomic E-state index is 11.2. The zero-order chi connectivity index (χ0) is 8.65. The van der Waals surface area contributed by atoms with Crippen molar-refractivity contribution < 1.29 is 4.79 Å². The van der Waals surface area contributed by atoms with Crippen LogP contribution < -0.4 is 0 Å². The fraction of sp³-hybridized carbons (Fsp3) is 0.875. The topological polar surface area (TPSA) is 17.1 Å². The van der Waals surface area contributed by atoms with Gasteiger partial charge in [-0.05, 0) is 11.8 Å². The van der Waals surface area contributed by atoms with E-state index in [0.29, 0.717) is 6.42 Å². The van der Waals surface area contributed by atoms with Crippen molar-refractivity contribution in [2.45, 2.75) is 37.4 Å². The van der Waals surface area contributed by atoms with Crippen LogP contribution in [0.4, 0.5) is 0 Å². The molecule has 0 spiro atoms. The van der Waals surface area contributed by atoms with Crippen molar-refractivity contribution in [1.82, 2.24) is 0 Å². The lowest BCUT2D eigenvalue weighted by molar-refractivity contribution is -0.122. The molecule has 3 heteroatoms. The molecule has 2 atom stereocenters. The molecule has 2 unspecified atom stereocenters. The number of rotatable bonds is 0. The van der Waals surface area contributed by atoms with E-state index in [4.69, 9.17) is 23.2 Å². The lowest BCUT2D eigenvalue weighted by Gasteiger charge is -2.33. The van der Waals surface area contributed by atoms with Crippen molar-refractivity contribution in [2.24, 2.45) is 5.41 Å². The molecule has 1 aliphatic carbocycles. The van der Waals surface area contributed by atoms with Crippen molar-refractivity contribution in [2.75, 3.05) is 0 Å². The molecule has 1 aliphatic rings. The normalized spacial score (nSPS) is 37.3. The molecule has 1 saturated carbocycles. The lowest BCUT2D eigenvalue weighted by Crippen LogP contribution is -2.38. The van der Waals surface area contributed by atoms with Crippen LogP contribution in [0.15, 0.2) is 0 Å². The Bertz CT molecular complexity index is 177. The number of ketones is 1. The molecule has 0 aromatic carbocycles. The van der Waals surface area contributed by atoms with Gasteiger partial charge in [0.2, 0.25) is 0 Å². The third kappa shape index (κ3) is 2.09. The molecule has 1 fully saturated rings. The fourth-order valence-electron chi connectivity index (χ4n) is 1.47. The van der Waals surface area contributed by atoms with Gasteiger partial charge < -0.3 is 0 Å². The van der Waals surface area contributed by atoms with Crippen LogP contribution in [0.2, 0.25) is 0 Å². The van der Waals surface area contributed by atoms with Crippen molar-refractivity contribution in [3.63, 3.8) is 0 Å². The Morgan fingerprint density at radius 3 is 2.45 bits per heavy atom. The van der Waals surface area contributed by atoms with Crippen LogP contribution in [0.1, 0.15) is 26.7 Å². The minimum Gasteiger partial charge on any atom is -0.298 e. The molecule has 0 aromatic heterocycles. The molecular weight excluding hydrogens is 183 g/mol. The van der Waals surface area contributed by atoms with E-state index in [1.807, 2.05) is 13.8 Å². The third-order valence-electron chi connectivity index (χ3n) is 2.03. The van der Waals surface area contributed by atoms with E-state index >= 15 is 0 Å². The highest BCUT2D eigenvalue weighted by molar-refractivity contribution is 6.38. The molecular formula is C8H12Cl2O. The average molecular weight is 195 g/mol. The third-order valence-corrected chi connectivity index (χ3v) is 3.11. The van der Waals surface area contributed by atoms with E-state index in [9.17, 15) is 4.79 Å². The molecule has 0 amide bonds. The molecule has 0 aromatic rings. The Hall–Kier alpha value is 0.250. The molecule has 11 heavy (non-hydrogen) atoms. The van der Waals surface area contributed by atoms with Crippen molar-refractivity contribution in [1.29, 1.82) is 0 Å². The summed E-state index contributed by atoms with van der Waals surface area (Å²) in [6.45, 7) is 4.09. The van der Waals surface area contributed by atoms with E-state index in [1.54, 1.807) is 0 Å². The molecule has 0 bridgehead atoms. The van der Waals surface area contributed by atoms with Gasteiger partial charge in [-0.25, -0.2) is 0 Å². The summed E-state index contributed by atoms with van der Waals surface area (Å²) in [7, 11) is 0. The quantitative estimate of drug-likeness (QED) is 0.543. The van der Waals surface area contributed by atoms with Gasteiger partial charge in [0.05, 0.1) is 5.38 Å². The van der Waals surface area contributed by atoms with E-state index in [2.05, 4.69) is 0 Å². The van der Waals surface area contributed by atoms with E-state index in [1.165, 1.54) is 0 Å². The first-order valence-corrected chi connectivity index (χ1v) is 4.60. The lowest BCUT2D eigenvalue weighted by atomic mass is 9.76. The van der Waals surface area contributed by atoms with Crippen LogP contribution in [0, 0.1) is 5.41 Å². The molecule has 1 rings (SSSR count). The number of carbonyl (C=O) groups is 1. The van der Waals surface area contributed by atoms with Crippen LogP contribution in [-0.4, -0.2) is 16.5 Å². The monoisotopic (exact) mass is 194 g/mol. The van der Waals surface area contributed by atoms with E-state index in [-0.39, 0.29) is 16.6 Å². The van der Waals surface area contributed by atoms with Crippen LogP contribution in [0.5, 0.6) is 0 Å². The SMILES string of the molecule is CC1(C)CC(=O)C(Cl)C(Cl)C1. The summed E-state index contributed by atoms with van der Waals surface area (Å²) in [4.78, 5) is 11.2. The van der Waals surface area contributed by atoms with Gasteiger partial charge in [0.15, 0.2) is 5.78 Å². The first-order chi connectivity index (χ1) is 4.92. The number of alkyl halides is 2. The highest BCUT2D eigenvalue weighted by Crippen LogP contribution is 2.37. The highest BCUT2D eigenvalue weighted by atomic mass is 35.5. The molecule has 0 saturated heterocycles. The maximum atomic E-state index is 11.2. The largest absolute Gasteiger partial charge is 0.298 e. The summed E-state index contributed by atoms with van der Waals surface area (Å²) in [6.07, 6.45) is 1.39. The van der Waals surface area contributed by atoms with Gasteiger partial charge >= 0.3 is 0 Å². The molecule has 0 heterocycles. The zero-order valence-electron chi connectivity index (χ0n) is 6.73. The number of Topliss-reactive ketones (excluding diaryl/α,β-unsaturated/α-hetero) is 1. The number of hydrogen-bond donors (Lipinski definition) is 0. The first kappa shape index (κ1) is 9.34. The molecule has 1 nitrogen and oxygen atoms in total. The van der Waals surface area contributed by atoms with Gasteiger partial charge in [-0.3, -0.25) is 4.79 Å². The van der Waals surface area contributed by atoms with Gasteiger partial charge in [-0.2, -0.15) is 0 Å². The summed E-state index contributed by atoms with van der Waals surface area (Å²) >= 11 is 11.7. The number of halogens is 2. The predicted octanol–water partition coefficient (Wildman–Crippen LogP) is 2.59. The van der Waals surface area contributed by atoms with Gasteiger partial charge in [0, 0.05) is 6.42 Å². The summed E-state index contributed by atoms with van der Waals surface area (Å²) in [5, 5.41) is -0.655. The van der Waals surface area contributed by atoms with Gasteiger partial charge in [-0.15, -0.1) is 23.2 Å². The molecule has 0 aliphatic heterocycles. The Labute approximate surface area is 77.1 Å². The predicted molar refractivity (Wildman–Crippen MR) is 47.3 cm³/mol. The minimum atomic E-state index is -0.468. The highest BCUT2D eigenvalue weighted by Gasteiger charge is 2.38. The molecule has 0 radical (unpaired) electrons. The summed E-state index contributed by atoms with van der Waals surface area (Å²) in [6, 6.07) is 0. The van der Waals surface area contributed by atoms with Crippen molar-refractivity contribution >= 4 is 29.0 Å². The second-order valence-corrected chi connectivity index (χ2v) is 4.96. The Balaban J connectivity index is 2.70. The smallest absolute Gasteiger partial charge is 0.152 e. The minimum absolute atomic E-state index is 0.0366. The van der Waals surface area contributed by atoms with Crippen LogP contribution in [-0.2, 0) is 4.79 Å². The summed E-state index contributed by atoms with van der Waals surface area (Å²) in [5.74, 6) is 0.0860. The average Bonchev–Trinajstić information content (AvgIpc) is 1.81. The maximum Gasteiger partial charge on any atom is 0.152 e. The van der Waals surface area contributed by atoms with Crippen LogP contribution >= 0.6 is 23.2 Å². The van der Waals surface area contributed by atoms with Gasteiger partial charge in [0.25, 0.3) is 0 Å². The standard InChI is InChI=1S/C8H12Cl2O/c1-8(2)3-5(9)7(10)6(11)4-8/h5,7H,3-4H2,1-2H3. The van der Waals surface area contributed by atoms with Crippen molar-refractivity contribution in [3.8, 4) is 0 Å². The first-order valence-electron chi connectivity index (χ1n) is 3.73. The Morgan fingerprint density at radius 1 is 1.45 bits per heavy atom. The molecule has 64 valence electrons. The number of carbonyl (C=O) groups excluding carboxylic acids is 1. The summed E-state index contributed by atoms with van der Waals surface area (Å²) in [5.41, 5.74) is 0.0366. The van der Waals surface area contributed by atoms with Crippen LogP contribution in [0.3, 0.4) is 0 Å². The van der Waals surface area contributed by atoms with E-state index < -0.39 is 5.38 Å². The van der Waals surface area contributed by atoms with Gasteiger partial charge in [-0.1, -0.05) is 13.8 Å². The molecule has 0 N–H and O–H groups in total. The zero-order valence-corrected chi connectivity index (χ0v) is 8.24. The van der Waals surface area contributed by atoms with Crippen LogP contribution in [0.25, 0.3) is 0 Å². The number of hydrogen-bond acceptors (Lipinski definition) is 1. The second kappa shape index (κ2) is 2.95. The second-order valence-electron chi connectivity index (χ2n) is 3.93. The van der Waals surface area contributed by atoms with Crippen molar-refractivity contribution in [3.05, 3.63) is 0 Å². The Morgan fingerprint density at radius 2 is 2.00 bits per heavy atom. The summed E-state index contributed by atoms with van der Waals surface area (Å²) < 4.78 is 0.